The summed E-state index contributed by atoms with van der Waals surface area (Å²) in [4.78, 5) is 16.0. The Balaban J connectivity index is 1.98. The van der Waals surface area contributed by atoms with Crippen LogP contribution >= 0.6 is 15.9 Å². The molecule has 0 aliphatic heterocycles. The zero-order valence-electron chi connectivity index (χ0n) is 11.8. The van der Waals surface area contributed by atoms with Crippen molar-refractivity contribution in [2.75, 3.05) is 6.54 Å². The fourth-order valence-electron chi connectivity index (χ4n) is 1.87. The lowest BCUT2D eigenvalue weighted by Crippen LogP contribution is -2.26. The first-order valence-electron chi connectivity index (χ1n) is 6.74. The van der Waals surface area contributed by atoms with E-state index in [0.29, 0.717) is 6.54 Å². The maximum atomic E-state index is 12.0. The van der Waals surface area contributed by atoms with E-state index in [1.165, 1.54) is 0 Å². The van der Waals surface area contributed by atoms with E-state index in [0.717, 1.165) is 22.0 Å². The van der Waals surface area contributed by atoms with E-state index in [9.17, 15) is 4.79 Å². The van der Waals surface area contributed by atoms with Gasteiger partial charge in [0.15, 0.2) is 0 Å². The van der Waals surface area contributed by atoms with Crippen LogP contribution in [-0.2, 0) is 11.2 Å². The highest BCUT2D eigenvalue weighted by atomic mass is 79.9. The largest absolute Gasteiger partial charge is 0.351 e. The van der Waals surface area contributed by atoms with Crippen LogP contribution in [-0.4, -0.2) is 17.4 Å². The van der Waals surface area contributed by atoms with Crippen LogP contribution in [0.5, 0.6) is 0 Å². The Bertz CT molecular complexity index is 720. The molecular weight excluding hydrogens is 342 g/mol. The molecule has 0 radical (unpaired) electrons. The molecule has 0 fully saturated rings. The van der Waals surface area contributed by atoms with Crippen molar-refractivity contribution in [1.29, 1.82) is 5.26 Å². The molecule has 1 N–H and O–H groups in total. The van der Waals surface area contributed by atoms with Gasteiger partial charge in [0.1, 0.15) is 11.6 Å². The number of amides is 1. The number of benzene rings is 1. The zero-order valence-corrected chi connectivity index (χ0v) is 13.4. The summed E-state index contributed by atoms with van der Waals surface area (Å²) in [6.45, 7) is 0.485. The van der Waals surface area contributed by atoms with Gasteiger partial charge in [0, 0.05) is 23.4 Å². The summed E-state index contributed by atoms with van der Waals surface area (Å²) in [6.07, 6.45) is 5.50. The molecule has 2 rings (SSSR count). The summed E-state index contributed by atoms with van der Waals surface area (Å²) in [7, 11) is 0. The maximum absolute atomic E-state index is 12.0. The molecule has 0 saturated heterocycles. The van der Waals surface area contributed by atoms with Gasteiger partial charge >= 0.3 is 0 Å². The number of rotatable bonds is 5. The highest BCUT2D eigenvalue weighted by Gasteiger charge is 2.09. The van der Waals surface area contributed by atoms with Crippen LogP contribution < -0.4 is 5.32 Å². The number of hydrogen-bond acceptors (Lipinski definition) is 3. The summed E-state index contributed by atoms with van der Waals surface area (Å²) in [5.41, 5.74) is 1.95. The molecule has 0 spiro atoms. The average Bonchev–Trinajstić information content (AvgIpc) is 2.55. The van der Waals surface area contributed by atoms with E-state index >= 15 is 0 Å². The first kappa shape index (κ1) is 15.9. The van der Waals surface area contributed by atoms with Crippen LogP contribution in [0.2, 0.25) is 0 Å². The minimum atomic E-state index is -0.373. The van der Waals surface area contributed by atoms with Crippen molar-refractivity contribution in [3.8, 4) is 6.07 Å². The first-order valence-corrected chi connectivity index (χ1v) is 7.53. The van der Waals surface area contributed by atoms with Crippen LogP contribution in [0.3, 0.4) is 0 Å². The van der Waals surface area contributed by atoms with E-state index in [-0.39, 0.29) is 11.5 Å². The average molecular weight is 356 g/mol. The summed E-state index contributed by atoms with van der Waals surface area (Å²) in [5.74, 6) is -0.373. The molecular formula is C17H14BrN3O. The van der Waals surface area contributed by atoms with E-state index < -0.39 is 0 Å². The maximum Gasteiger partial charge on any atom is 0.261 e. The molecule has 110 valence electrons. The number of nitriles is 1. The molecule has 5 heteroatoms. The number of nitrogens with zero attached hydrogens (tertiary/aromatic N) is 2. The Labute approximate surface area is 137 Å². The number of nitrogens with one attached hydrogen (secondary N) is 1. The topological polar surface area (TPSA) is 65.8 Å². The van der Waals surface area contributed by atoms with Crippen LogP contribution in [0.25, 0.3) is 6.08 Å². The van der Waals surface area contributed by atoms with Gasteiger partial charge in [-0.1, -0.05) is 30.3 Å². The van der Waals surface area contributed by atoms with E-state index in [1.54, 1.807) is 24.5 Å². The molecule has 0 aliphatic rings. The summed E-state index contributed by atoms with van der Waals surface area (Å²) < 4.78 is 0.736. The second-order valence-electron chi connectivity index (χ2n) is 4.56. The standard InChI is InChI=1S/C17H14BrN3O/c18-16-12-20-8-7-14(16)10-15(11-19)17(22)21-9-6-13-4-2-1-3-5-13/h1-5,7-8,10,12H,6,9H2,(H,21,22)/b15-10+. The van der Waals surface area contributed by atoms with Crippen LogP contribution in [0.1, 0.15) is 11.1 Å². The number of aromatic nitrogens is 1. The summed E-state index contributed by atoms with van der Waals surface area (Å²) >= 11 is 3.34. The Hall–Kier alpha value is -2.45. The fourth-order valence-corrected chi connectivity index (χ4v) is 2.23. The first-order chi connectivity index (χ1) is 10.7. The molecule has 2 aromatic rings. The van der Waals surface area contributed by atoms with Gasteiger partial charge in [-0.3, -0.25) is 9.78 Å². The third kappa shape index (κ3) is 4.54. The summed E-state index contributed by atoms with van der Waals surface area (Å²) in [6, 6.07) is 13.5. The van der Waals surface area contributed by atoms with Crippen molar-refractivity contribution in [1.82, 2.24) is 10.3 Å². The lowest BCUT2D eigenvalue weighted by Gasteiger charge is -2.05. The van der Waals surface area contributed by atoms with Crippen molar-refractivity contribution in [2.45, 2.75) is 6.42 Å². The number of carbonyl (C=O) groups excluding carboxylic acids is 1. The normalized spacial score (nSPS) is 10.8. The molecule has 22 heavy (non-hydrogen) atoms. The van der Waals surface area contributed by atoms with Gasteiger partial charge in [-0.15, -0.1) is 0 Å². The van der Waals surface area contributed by atoms with Gasteiger partial charge in [-0.25, -0.2) is 0 Å². The van der Waals surface area contributed by atoms with Gasteiger partial charge in [0.05, 0.1) is 0 Å². The third-order valence-electron chi connectivity index (χ3n) is 3.01. The monoisotopic (exact) mass is 355 g/mol. The van der Waals surface area contributed by atoms with Crippen molar-refractivity contribution in [2.24, 2.45) is 0 Å². The highest BCUT2D eigenvalue weighted by molar-refractivity contribution is 9.10. The Morgan fingerprint density at radius 1 is 1.32 bits per heavy atom. The predicted octanol–water partition coefficient (Wildman–Crippen LogP) is 3.11. The van der Waals surface area contributed by atoms with Crippen molar-refractivity contribution >= 4 is 27.9 Å². The molecule has 1 aromatic heterocycles. The second kappa shape index (κ2) is 8.11. The predicted molar refractivity (Wildman–Crippen MR) is 88.7 cm³/mol. The van der Waals surface area contributed by atoms with Crippen molar-refractivity contribution < 1.29 is 4.79 Å². The fraction of sp³-hybridized carbons (Fsp3) is 0.118. The number of carbonyl (C=O) groups is 1. The van der Waals surface area contributed by atoms with Gasteiger partial charge in [0.25, 0.3) is 5.91 Å². The van der Waals surface area contributed by atoms with Gasteiger partial charge in [-0.05, 0) is 45.6 Å². The quantitative estimate of drug-likeness (QED) is 0.661. The van der Waals surface area contributed by atoms with Gasteiger partial charge in [-0.2, -0.15) is 5.26 Å². The molecule has 0 atom stereocenters. The van der Waals surface area contributed by atoms with Gasteiger partial charge in [0.2, 0.25) is 0 Å². The van der Waals surface area contributed by atoms with Crippen LogP contribution in [0.4, 0.5) is 0 Å². The molecule has 0 unspecified atom stereocenters. The lowest BCUT2D eigenvalue weighted by molar-refractivity contribution is -0.117. The van der Waals surface area contributed by atoms with Gasteiger partial charge < -0.3 is 5.32 Å². The Kier molecular flexibility index (Phi) is 5.87. The zero-order chi connectivity index (χ0) is 15.8. The van der Waals surface area contributed by atoms with Crippen molar-refractivity contribution in [3.63, 3.8) is 0 Å². The molecule has 0 saturated carbocycles. The molecule has 1 heterocycles. The molecule has 0 aliphatic carbocycles. The second-order valence-corrected chi connectivity index (χ2v) is 5.41. The van der Waals surface area contributed by atoms with E-state index in [1.807, 2.05) is 36.4 Å². The lowest BCUT2D eigenvalue weighted by atomic mass is 10.1. The van der Waals surface area contributed by atoms with Crippen molar-refractivity contribution in [3.05, 3.63) is 70.0 Å². The van der Waals surface area contributed by atoms with E-state index in [2.05, 4.69) is 26.2 Å². The Morgan fingerprint density at radius 2 is 2.09 bits per heavy atom. The molecule has 4 nitrogen and oxygen atoms in total. The number of pyridine rings is 1. The smallest absolute Gasteiger partial charge is 0.261 e. The highest BCUT2D eigenvalue weighted by Crippen LogP contribution is 2.17. The molecule has 0 bridgehead atoms. The number of halogens is 1. The Morgan fingerprint density at radius 3 is 2.77 bits per heavy atom. The van der Waals surface area contributed by atoms with Crippen LogP contribution in [0, 0.1) is 11.3 Å². The third-order valence-corrected chi connectivity index (χ3v) is 3.67. The molecule has 1 aromatic carbocycles. The molecule has 1 amide bonds. The SMILES string of the molecule is N#C/C(=C\c1ccncc1Br)C(=O)NCCc1ccccc1. The van der Waals surface area contributed by atoms with Crippen LogP contribution in [0.15, 0.2) is 58.8 Å². The minimum absolute atomic E-state index is 0.0694. The van der Waals surface area contributed by atoms with E-state index in [4.69, 9.17) is 5.26 Å². The number of hydrogen-bond donors (Lipinski definition) is 1. The minimum Gasteiger partial charge on any atom is -0.351 e. The summed E-state index contributed by atoms with van der Waals surface area (Å²) in [5, 5.41) is 11.9.